The summed E-state index contributed by atoms with van der Waals surface area (Å²) in [5, 5.41) is 2.69. The Morgan fingerprint density at radius 1 is 1.12 bits per heavy atom. The molecule has 2 N–H and O–H groups in total. The summed E-state index contributed by atoms with van der Waals surface area (Å²) < 4.78 is 48.2. The van der Waals surface area contributed by atoms with Crippen LogP contribution in [0.15, 0.2) is 95.0 Å². The molecule has 0 saturated heterocycles. The second kappa shape index (κ2) is 10.3. The minimum absolute atomic E-state index is 0.0490. The van der Waals surface area contributed by atoms with Crippen LogP contribution in [0.2, 0.25) is 0 Å². The zero-order valence-corrected chi connectivity index (χ0v) is 18.7. The normalized spacial score (nSPS) is 11.7. The molecule has 0 aliphatic heterocycles. The van der Waals surface area contributed by atoms with Crippen molar-refractivity contribution in [1.29, 1.82) is 0 Å². The van der Waals surface area contributed by atoms with E-state index < -0.39 is 15.8 Å². The van der Waals surface area contributed by atoms with Gasteiger partial charge in [-0.15, -0.1) is 0 Å². The highest BCUT2D eigenvalue weighted by Gasteiger charge is 2.14. The molecule has 0 aliphatic rings. The van der Waals surface area contributed by atoms with Crippen LogP contribution in [-0.4, -0.2) is 23.9 Å². The number of nitrogens with one attached hydrogen (secondary N) is 2. The monoisotopic (exact) mass is 480 g/mol. The molecule has 4 rings (SSSR count). The summed E-state index contributed by atoms with van der Waals surface area (Å²) in [6.07, 6.45) is 9.07. The molecule has 0 unspecified atom stereocenters. The van der Waals surface area contributed by atoms with Crippen molar-refractivity contribution >= 4 is 22.0 Å². The van der Waals surface area contributed by atoms with Crippen molar-refractivity contribution in [3.63, 3.8) is 0 Å². The lowest BCUT2D eigenvalue weighted by atomic mass is 10.2. The highest BCUT2D eigenvalue weighted by molar-refractivity contribution is 7.89. The fourth-order valence-electron chi connectivity index (χ4n) is 3.11. The third-order valence-electron chi connectivity index (χ3n) is 4.90. The summed E-state index contributed by atoms with van der Waals surface area (Å²) in [6.45, 7) is 0.205. The maximum absolute atomic E-state index is 14.3. The van der Waals surface area contributed by atoms with Gasteiger partial charge in [0.15, 0.2) is 0 Å². The summed E-state index contributed by atoms with van der Waals surface area (Å²) in [4.78, 5) is 16.1. The van der Waals surface area contributed by atoms with Gasteiger partial charge in [0, 0.05) is 25.0 Å². The molecule has 0 bridgehead atoms. The molecule has 2 heterocycles. The first-order valence-electron chi connectivity index (χ1n) is 10.3. The topological polar surface area (TPSA) is 106 Å². The number of amides is 1. The standard InChI is InChI=1S/C24H21FN4O4S/c25-22-14-19(5-9-23(22)29-12-11-26-17-29)15-27-24(30)10-6-18-3-7-21(8-4-18)34(31,32)28-16-20-2-1-13-33-20/h1-14,17,28H,15-16H2,(H,27,30)/b10-6+. The van der Waals surface area contributed by atoms with Crippen LogP contribution in [0.25, 0.3) is 11.8 Å². The molecule has 0 spiro atoms. The van der Waals surface area contributed by atoms with Crippen LogP contribution in [0.5, 0.6) is 0 Å². The summed E-state index contributed by atoms with van der Waals surface area (Å²) in [7, 11) is -3.69. The average Bonchev–Trinajstić information content (AvgIpc) is 3.55. The van der Waals surface area contributed by atoms with Crippen LogP contribution in [0.1, 0.15) is 16.9 Å². The van der Waals surface area contributed by atoms with E-state index in [0.717, 1.165) is 0 Å². The third kappa shape index (κ3) is 5.85. The molecule has 0 radical (unpaired) electrons. The van der Waals surface area contributed by atoms with E-state index in [2.05, 4.69) is 15.0 Å². The van der Waals surface area contributed by atoms with Crippen molar-refractivity contribution in [2.24, 2.45) is 0 Å². The van der Waals surface area contributed by atoms with E-state index in [-0.39, 0.29) is 23.9 Å². The molecule has 174 valence electrons. The first-order chi connectivity index (χ1) is 16.4. The number of nitrogens with zero attached hydrogens (tertiary/aromatic N) is 2. The Labute approximate surface area is 195 Å². The van der Waals surface area contributed by atoms with Gasteiger partial charge in [0.05, 0.1) is 29.7 Å². The van der Waals surface area contributed by atoms with Gasteiger partial charge in [0.1, 0.15) is 11.6 Å². The largest absolute Gasteiger partial charge is 0.468 e. The van der Waals surface area contributed by atoms with Gasteiger partial charge in [-0.1, -0.05) is 18.2 Å². The molecular weight excluding hydrogens is 459 g/mol. The zero-order chi connectivity index (χ0) is 24.0. The second-order valence-corrected chi connectivity index (χ2v) is 9.05. The van der Waals surface area contributed by atoms with Crippen molar-refractivity contribution in [3.8, 4) is 5.69 Å². The van der Waals surface area contributed by atoms with E-state index in [9.17, 15) is 17.6 Å². The zero-order valence-electron chi connectivity index (χ0n) is 17.9. The van der Waals surface area contributed by atoms with Crippen molar-refractivity contribution in [2.45, 2.75) is 18.0 Å². The van der Waals surface area contributed by atoms with Gasteiger partial charge in [-0.25, -0.2) is 22.5 Å². The Kier molecular flexibility index (Phi) is 7.00. The Bertz CT molecular complexity index is 1380. The van der Waals surface area contributed by atoms with Crippen molar-refractivity contribution < 1.29 is 22.0 Å². The van der Waals surface area contributed by atoms with Gasteiger partial charge in [-0.3, -0.25) is 4.79 Å². The third-order valence-corrected chi connectivity index (χ3v) is 6.31. The predicted octanol–water partition coefficient (Wildman–Crippen LogP) is 3.41. The van der Waals surface area contributed by atoms with E-state index in [1.165, 1.54) is 36.9 Å². The minimum Gasteiger partial charge on any atom is -0.468 e. The molecule has 0 fully saturated rings. The van der Waals surface area contributed by atoms with Crippen molar-refractivity contribution in [3.05, 3.63) is 108 Å². The number of carbonyl (C=O) groups is 1. The first kappa shape index (κ1) is 23.1. The molecule has 8 nitrogen and oxygen atoms in total. The molecule has 1 amide bonds. The lowest BCUT2D eigenvalue weighted by Gasteiger charge is -2.07. The van der Waals surface area contributed by atoms with Gasteiger partial charge in [-0.2, -0.15) is 0 Å². The van der Waals surface area contributed by atoms with Crippen LogP contribution in [-0.2, 0) is 27.9 Å². The second-order valence-electron chi connectivity index (χ2n) is 7.28. The highest BCUT2D eigenvalue weighted by atomic mass is 32.2. The number of carbonyl (C=O) groups excluding carboxylic acids is 1. The summed E-state index contributed by atoms with van der Waals surface area (Å²) in [5.74, 6) is -0.282. The number of hydrogen-bond acceptors (Lipinski definition) is 5. The van der Waals surface area contributed by atoms with Gasteiger partial charge in [-0.05, 0) is 53.6 Å². The molecule has 0 saturated carbocycles. The van der Waals surface area contributed by atoms with Crippen LogP contribution >= 0.6 is 0 Å². The fraction of sp³-hybridized carbons (Fsp3) is 0.0833. The molecule has 2 aromatic heterocycles. The number of aromatic nitrogens is 2. The number of imidazole rings is 1. The Hall–Kier alpha value is -4.02. The fourth-order valence-corrected chi connectivity index (χ4v) is 4.11. The van der Waals surface area contributed by atoms with Crippen LogP contribution in [0, 0.1) is 5.82 Å². The number of hydrogen-bond donors (Lipinski definition) is 2. The molecule has 0 aliphatic carbocycles. The molecule has 0 atom stereocenters. The van der Waals surface area contributed by atoms with Crippen molar-refractivity contribution in [2.75, 3.05) is 0 Å². The van der Waals surface area contributed by atoms with E-state index in [1.807, 2.05) is 0 Å². The summed E-state index contributed by atoms with van der Waals surface area (Å²) in [5.41, 5.74) is 1.63. The van der Waals surface area contributed by atoms with Gasteiger partial charge >= 0.3 is 0 Å². The summed E-state index contributed by atoms with van der Waals surface area (Å²) >= 11 is 0. The average molecular weight is 481 g/mol. The maximum atomic E-state index is 14.3. The number of rotatable bonds is 9. The van der Waals surface area contributed by atoms with E-state index in [1.54, 1.807) is 59.4 Å². The smallest absolute Gasteiger partial charge is 0.244 e. The van der Waals surface area contributed by atoms with E-state index in [0.29, 0.717) is 22.6 Å². The van der Waals surface area contributed by atoms with Gasteiger partial charge in [0.2, 0.25) is 15.9 Å². The van der Waals surface area contributed by atoms with E-state index in [4.69, 9.17) is 4.42 Å². The quantitative estimate of drug-likeness (QED) is 0.357. The molecule has 2 aromatic carbocycles. The van der Waals surface area contributed by atoms with Gasteiger partial charge in [0.25, 0.3) is 0 Å². The van der Waals surface area contributed by atoms with Crippen LogP contribution < -0.4 is 10.0 Å². The predicted molar refractivity (Wildman–Crippen MR) is 124 cm³/mol. The van der Waals surface area contributed by atoms with Gasteiger partial charge < -0.3 is 14.3 Å². The molecule has 34 heavy (non-hydrogen) atoms. The number of halogens is 1. The van der Waals surface area contributed by atoms with Crippen LogP contribution in [0.3, 0.4) is 0 Å². The molecular formula is C24H21FN4O4S. The lowest BCUT2D eigenvalue weighted by Crippen LogP contribution is -2.22. The maximum Gasteiger partial charge on any atom is 0.244 e. The van der Waals surface area contributed by atoms with E-state index >= 15 is 0 Å². The number of sulfonamides is 1. The molecule has 4 aromatic rings. The summed E-state index contributed by atoms with van der Waals surface area (Å²) in [6, 6.07) is 14.1. The van der Waals surface area contributed by atoms with Crippen molar-refractivity contribution in [1.82, 2.24) is 19.6 Å². The Balaban J connectivity index is 1.30. The molecule has 10 heteroatoms. The lowest BCUT2D eigenvalue weighted by molar-refractivity contribution is -0.116. The Morgan fingerprint density at radius 3 is 2.62 bits per heavy atom. The number of benzene rings is 2. The first-order valence-corrected chi connectivity index (χ1v) is 11.7. The minimum atomic E-state index is -3.69. The Morgan fingerprint density at radius 2 is 1.94 bits per heavy atom. The van der Waals surface area contributed by atoms with Crippen LogP contribution in [0.4, 0.5) is 4.39 Å². The highest BCUT2D eigenvalue weighted by Crippen LogP contribution is 2.15. The number of furan rings is 1. The SMILES string of the molecule is O=C(/C=C/c1ccc(S(=O)(=O)NCc2ccco2)cc1)NCc1ccc(-n2ccnc2)c(F)c1.